The zero-order valence-electron chi connectivity index (χ0n) is 21.4. The summed E-state index contributed by atoms with van der Waals surface area (Å²) < 4.78 is 64.2. The van der Waals surface area contributed by atoms with E-state index in [2.05, 4.69) is 16.0 Å². The number of nitrogens with one attached hydrogen (secondary N) is 3. The van der Waals surface area contributed by atoms with Crippen molar-refractivity contribution in [2.24, 2.45) is 0 Å². The number of hydrogen-bond acceptors (Lipinski definition) is 6. The lowest BCUT2D eigenvalue weighted by Gasteiger charge is -2.27. The fraction of sp³-hybridized carbons (Fsp3) is 0.423. The van der Waals surface area contributed by atoms with Crippen LogP contribution in [0, 0.1) is 19.7 Å². The van der Waals surface area contributed by atoms with Crippen molar-refractivity contribution >= 4 is 38.2 Å². The lowest BCUT2D eigenvalue weighted by atomic mass is 9.95. The van der Waals surface area contributed by atoms with Crippen LogP contribution in [0.15, 0.2) is 34.7 Å². The van der Waals surface area contributed by atoms with Crippen LogP contribution in [0.1, 0.15) is 43.2 Å². The minimum absolute atomic E-state index is 0.0287. The van der Waals surface area contributed by atoms with Gasteiger partial charge >= 0.3 is 6.03 Å². The number of carbonyl (C=O) groups excluding carboxylic acids is 1. The minimum atomic E-state index is -3.07. The summed E-state index contributed by atoms with van der Waals surface area (Å²) >= 11 is 0. The molecule has 2 aromatic carbocycles. The Bertz CT molecular complexity index is 1450. The summed E-state index contributed by atoms with van der Waals surface area (Å²) in [5.41, 5.74) is 0.545. The van der Waals surface area contributed by atoms with Gasteiger partial charge in [0.05, 0.1) is 18.6 Å². The molecule has 0 spiro atoms. The summed E-state index contributed by atoms with van der Waals surface area (Å²) in [5, 5.41) is 9.02. The van der Waals surface area contributed by atoms with E-state index < -0.39 is 33.4 Å². The second-order valence-electron chi connectivity index (χ2n) is 9.98. The number of methoxy groups -OCH3 is 1. The second-order valence-corrected chi connectivity index (χ2v) is 12.2. The standard InChI is InChI=1S/C26H31F2N3O5S/c1-14-8-16(27)9-21-15(2)23(36-22(14)21)24(26(3,4)28)31-25(32)30-19-10-18(11-20(12-19)35-5)29-17-6-7-37(33,34)13-17/h8-12,17,24,29H,6-7,13H2,1-5H3,(H2,30,31,32)/t17-,24?/m1/s1. The van der Waals surface area contributed by atoms with Crippen LogP contribution in [-0.2, 0) is 9.84 Å². The van der Waals surface area contributed by atoms with Crippen LogP contribution in [0.2, 0.25) is 0 Å². The van der Waals surface area contributed by atoms with E-state index in [0.717, 1.165) is 0 Å². The van der Waals surface area contributed by atoms with E-state index in [4.69, 9.17) is 9.15 Å². The first kappa shape index (κ1) is 26.7. The molecule has 1 aromatic heterocycles. The number of amides is 2. The van der Waals surface area contributed by atoms with Gasteiger partial charge in [0.2, 0.25) is 0 Å². The summed E-state index contributed by atoms with van der Waals surface area (Å²) in [7, 11) is -1.60. The van der Waals surface area contributed by atoms with E-state index in [1.54, 1.807) is 32.0 Å². The smallest absolute Gasteiger partial charge is 0.319 e. The van der Waals surface area contributed by atoms with Crippen molar-refractivity contribution in [3.05, 3.63) is 53.0 Å². The predicted molar refractivity (Wildman–Crippen MR) is 139 cm³/mol. The third-order valence-electron chi connectivity index (χ3n) is 6.45. The Kier molecular flexibility index (Phi) is 7.11. The van der Waals surface area contributed by atoms with Crippen molar-refractivity contribution in [2.75, 3.05) is 29.2 Å². The van der Waals surface area contributed by atoms with Crippen molar-refractivity contribution in [3.63, 3.8) is 0 Å². The maximum atomic E-state index is 15.3. The number of halogens is 2. The summed E-state index contributed by atoms with van der Waals surface area (Å²) in [6, 6.07) is 5.47. The number of fused-ring (bicyclic) bond motifs is 1. The van der Waals surface area contributed by atoms with Crippen molar-refractivity contribution in [3.8, 4) is 5.75 Å². The van der Waals surface area contributed by atoms with Crippen LogP contribution < -0.4 is 20.7 Å². The van der Waals surface area contributed by atoms with Crippen LogP contribution in [0.4, 0.5) is 25.0 Å². The number of ether oxygens (including phenoxy) is 1. The van der Waals surface area contributed by atoms with Gasteiger partial charge in [-0.1, -0.05) is 0 Å². The zero-order chi connectivity index (χ0) is 27.1. The number of benzene rings is 2. The maximum Gasteiger partial charge on any atom is 0.319 e. The van der Waals surface area contributed by atoms with E-state index in [1.165, 1.54) is 33.1 Å². The fourth-order valence-electron chi connectivity index (χ4n) is 4.60. The quantitative estimate of drug-likeness (QED) is 0.373. The van der Waals surface area contributed by atoms with Crippen molar-refractivity contribution in [2.45, 2.75) is 51.9 Å². The van der Waals surface area contributed by atoms with Gasteiger partial charge in [-0.05, 0) is 57.9 Å². The number of urea groups is 1. The Morgan fingerprint density at radius 1 is 1.16 bits per heavy atom. The molecule has 1 fully saturated rings. The van der Waals surface area contributed by atoms with E-state index >= 15 is 4.39 Å². The molecule has 2 heterocycles. The Morgan fingerprint density at radius 3 is 2.49 bits per heavy atom. The number of alkyl halides is 1. The lowest BCUT2D eigenvalue weighted by molar-refractivity contribution is 0.139. The van der Waals surface area contributed by atoms with E-state index in [-0.39, 0.29) is 23.3 Å². The van der Waals surface area contributed by atoms with Gasteiger partial charge in [0.1, 0.15) is 34.6 Å². The van der Waals surface area contributed by atoms with Crippen LogP contribution in [0.25, 0.3) is 11.0 Å². The van der Waals surface area contributed by atoms with Crippen molar-refractivity contribution < 1.29 is 31.1 Å². The summed E-state index contributed by atoms with van der Waals surface area (Å²) in [4.78, 5) is 13.0. The highest BCUT2D eigenvalue weighted by molar-refractivity contribution is 7.91. The average Bonchev–Trinajstić information content (AvgIpc) is 3.29. The van der Waals surface area contributed by atoms with Crippen LogP contribution in [0.5, 0.6) is 5.75 Å². The largest absolute Gasteiger partial charge is 0.497 e. The first-order valence-electron chi connectivity index (χ1n) is 11.9. The molecule has 4 rings (SSSR count). The van der Waals surface area contributed by atoms with Gasteiger partial charge in [0.25, 0.3) is 0 Å². The number of sulfone groups is 1. The minimum Gasteiger partial charge on any atom is -0.497 e. The third-order valence-corrected chi connectivity index (χ3v) is 8.22. The lowest BCUT2D eigenvalue weighted by Crippen LogP contribution is -2.41. The topological polar surface area (TPSA) is 110 Å². The number of hydrogen-bond donors (Lipinski definition) is 3. The number of aryl methyl sites for hydroxylation is 2. The van der Waals surface area contributed by atoms with Crippen LogP contribution in [0.3, 0.4) is 0 Å². The molecule has 3 aromatic rings. The molecule has 0 saturated carbocycles. The number of rotatable bonds is 7. The second kappa shape index (κ2) is 9.85. The maximum absolute atomic E-state index is 15.3. The molecule has 1 aliphatic rings. The molecule has 1 unspecified atom stereocenters. The Hall–Kier alpha value is -3.34. The van der Waals surface area contributed by atoms with Gasteiger partial charge in [-0.2, -0.15) is 0 Å². The normalized spacial score (nSPS) is 18.0. The van der Waals surface area contributed by atoms with Crippen LogP contribution in [-0.4, -0.2) is 44.8 Å². The third kappa shape index (κ3) is 5.98. The van der Waals surface area contributed by atoms with E-state index in [1.807, 2.05) is 0 Å². The molecule has 0 bridgehead atoms. The first-order valence-corrected chi connectivity index (χ1v) is 13.7. The van der Waals surface area contributed by atoms with Crippen molar-refractivity contribution in [1.82, 2.24) is 5.32 Å². The highest BCUT2D eigenvalue weighted by Gasteiger charge is 2.37. The Labute approximate surface area is 214 Å². The van der Waals surface area contributed by atoms with Gasteiger partial charge in [-0.25, -0.2) is 22.0 Å². The van der Waals surface area contributed by atoms with Crippen molar-refractivity contribution in [1.29, 1.82) is 0 Å². The zero-order valence-corrected chi connectivity index (χ0v) is 22.2. The highest BCUT2D eigenvalue weighted by atomic mass is 32.2. The predicted octanol–water partition coefficient (Wildman–Crippen LogP) is 5.41. The Morgan fingerprint density at radius 2 is 1.86 bits per heavy atom. The molecule has 8 nitrogen and oxygen atoms in total. The fourth-order valence-corrected chi connectivity index (χ4v) is 6.28. The molecular weight excluding hydrogens is 504 g/mol. The number of carbonyl (C=O) groups is 1. The molecule has 37 heavy (non-hydrogen) atoms. The number of furan rings is 1. The first-order chi connectivity index (χ1) is 17.3. The van der Waals surface area contributed by atoms with Gasteiger partial charge in [-0.3, -0.25) is 0 Å². The molecule has 11 heteroatoms. The molecular formula is C26H31F2N3O5S. The molecule has 0 aliphatic carbocycles. The molecule has 1 saturated heterocycles. The Balaban J connectivity index is 1.57. The van der Waals surface area contributed by atoms with Gasteiger partial charge < -0.3 is 25.1 Å². The number of anilines is 2. The summed E-state index contributed by atoms with van der Waals surface area (Å²) in [5.74, 6) is 0.354. The van der Waals surface area contributed by atoms with E-state index in [9.17, 15) is 17.6 Å². The van der Waals surface area contributed by atoms with E-state index in [0.29, 0.717) is 45.6 Å². The SMILES string of the molecule is COc1cc(NC(=O)NC(c2oc3c(C)cc(F)cc3c2C)C(C)(C)F)cc(N[C@@H]2CCS(=O)(=O)C2)c1. The van der Waals surface area contributed by atoms with Gasteiger partial charge in [-0.15, -0.1) is 0 Å². The molecule has 200 valence electrons. The summed E-state index contributed by atoms with van der Waals surface area (Å²) in [6.07, 6.45) is 0.482. The molecule has 0 radical (unpaired) electrons. The van der Waals surface area contributed by atoms with Crippen LogP contribution >= 0.6 is 0 Å². The molecule has 2 atom stereocenters. The van der Waals surface area contributed by atoms with Gasteiger partial charge in [0, 0.05) is 40.5 Å². The monoisotopic (exact) mass is 535 g/mol. The molecule has 3 N–H and O–H groups in total. The molecule has 1 aliphatic heterocycles. The molecule has 2 amide bonds. The van der Waals surface area contributed by atoms with Gasteiger partial charge in [0.15, 0.2) is 9.84 Å². The highest BCUT2D eigenvalue weighted by Crippen LogP contribution is 2.38. The summed E-state index contributed by atoms with van der Waals surface area (Å²) in [6.45, 7) is 6.04. The average molecular weight is 536 g/mol.